The molecule has 6 rings (SSSR count). The van der Waals surface area contributed by atoms with Crippen LogP contribution in [0.4, 0.5) is 0 Å². The molecule has 3 aromatic heterocycles. The Morgan fingerprint density at radius 2 is 1.74 bits per heavy atom. The van der Waals surface area contributed by atoms with Crippen molar-refractivity contribution >= 4 is 21.9 Å². The van der Waals surface area contributed by atoms with E-state index in [1.807, 2.05) is 44.8 Å². The largest absolute Gasteiger partial charge is 0.386 e. The Labute approximate surface area is 223 Å². The molecular formula is C31H35N5O2. The molecular weight excluding hydrogens is 474 g/mol. The van der Waals surface area contributed by atoms with Gasteiger partial charge in [-0.25, -0.2) is 4.68 Å². The molecule has 1 N–H and O–H groups in total. The second-order valence-corrected chi connectivity index (χ2v) is 11.2. The highest BCUT2D eigenvalue weighted by Crippen LogP contribution is 2.42. The van der Waals surface area contributed by atoms with Crippen LogP contribution in [0, 0.1) is 19.8 Å². The maximum atomic E-state index is 10.9. The predicted octanol–water partition coefficient (Wildman–Crippen LogP) is 5.85. The maximum Gasteiger partial charge on any atom is 0.0960 e. The molecule has 0 unspecified atom stereocenters. The van der Waals surface area contributed by atoms with E-state index in [2.05, 4.69) is 64.3 Å². The number of fused-ring (bicyclic) bond motifs is 3. The van der Waals surface area contributed by atoms with Crippen LogP contribution in [0.25, 0.3) is 33.2 Å². The minimum atomic E-state index is -0.955. The summed E-state index contributed by atoms with van der Waals surface area (Å²) >= 11 is 0. The van der Waals surface area contributed by atoms with Crippen molar-refractivity contribution in [1.82, 2.24) is 24.5 Å². The lowest BCUT2D eigenvalue weighted by molar-refractivity contribution is 0.0552. The molecule has 1 saturated heterocycles. The molecule has 7 heteroatoms. The summed E-state index contributed by atoms with van der Waals surface area (Å²) < 4.78 is 10.1. The normalized spacial score (nSPS) is 15.9. The number of hydrogen-bond donors (Lipinski definition) is 1. The molecule has 7 nitrogen and oxygen atoms in total. The summed E-state index contributed by atoms with van der Waals surface area (Å²) in [6, 6.07) is 17.5. The number of ether oxygens (including phenoxy) is 1. The smallest absolute Gasteiger partial charge is 0.0960 e. The minimum Gasteiger partial charge on any atom is -0.386 e. The monoisotopic (exact) mass is 509 g/mol. The molecule has 1 aliphatic heterocycles. The van der Waals surface area contributed by atoms with Gasteiger partial charge >= 0.3 is 0 Å². The van der Waals surface area contributed by atoms with Crippen molar-refractivity contribution in [1.29, 1.82) is 0 Å². The van der Waals surface area contributed by atoms with E-state index >= 15 is 0 Å². The Morgan fingerprint density at radius 1 is 1.00 bits per heavy atom. The Hall–Kier alpha value is -3.55. The lowest BCUT2D eigenvalue weighted by atomic mass is 9.86. The standard InChI is InChI=1S/C31H35N5O2/c1-19-6-8-21(9-7-19)30(22-12-14-38-15-13-22)36-26-17-24(31(3,4)37)10-11-25(26)28-27(36)16-23(18-32-28)29-20(2)33-34-35(29)5/h6-11,16-18,22,30,37H,12-15H2,1-5H3/t30-/m1/s1. The number of benzene rings is 2. The van der Waals surface area contributed by atoms with Crippen LogP contribution in [0.15, 0.2) is 54.7 Å². The Morgan fingerprint density at radius 3 is 2.39 bits per heavy atom. The molecule has 0 spiro atoms. The summed E-state index contributed by atoms with van der Waals surface area (Å²) in [6.45, 7) is 9.32. The fourth-order valence-corrected chi connectivity index (χ4v) is 6.00. The molecule has 1 fully saturated rings. The third-order valence-electron chi connectivity index (χ3n) is 8.02. The van der Waals surface area contributed by atoms with Crippen molar-refractivity contribution < 1.29 is 9.84 Å². The van der Waals surface area contributed by atoms with Crippen LogP contribution >= 0.6 is 0 Å². The van der Waals surface area contributed by atoms with Crippen molar-refractivity contribution in [3.05, 3.63) is 77.1 Å². The lowest BCUT2D eigenvalue weighted by Gasteiger charge is -2.33. The highest BCUT2D eigenvalue weighted by molar-refractivity contribution is 6.07. The molecule has 0 aliphatic carbocycles. The molecule has 2 aromatic carbocycles. The van der Waals surface area contributed by atoms with E-state index in [9.17, 15) is 5.11 Å². The highest BCUT2D eigenvalue weighted by Gasteiger charge is 2.31. The zero-order valence-corrected chi connectivity index (χ0v) is 22.8. The molecule has 38 heavy (non-hydrogen) atoms. The summed E-state index contributed by atoms with van der Waals surface area (Å²) in [5, 5.41) is 20.5. The van der Waals surface area contributed by atoms with E-state index in [1.54, 1.807) is 0 Å². The van der Waals surface area contributed by atoms with Crippen LogP contribution in [0.2, 0.25) is 0 Å². The molecule has 5 aromatic rings. The lowest BCUT2D eigenvalue weighted by Crippen LogP contribution is -2.27. The van der Waals surface area contributed by atoms with Crippen LogP contribution in [-0.4, -0.2) is 42.9 Å². The number of pyridine rings is 1. The SMILES string of the molecule is Cc1ccc([C@H](C2CCOCC2)n2c3cc(C(C)(C)O)ccc3c3ncc(-c4c(C)nnn4C)cc32)cc1. The quantitative estimate of drug-likeness (QED) is 0.322. The average Bonchev–Trinajstić information content (AvgIpc) is 3.41. The molecule has 0 radical (unpaired) electrons. The highest BCUT2D eigenvalue weighted by atomic mass is 16.5. The third-order valence-corrected chi connectivity index (χ3v) is 8.02. The van der Waals surface area contributed by atoms with Gasteiger partial charge in [0, 0.05) is 37.4 Å². The van der Waals surface area contributed by atoms with Crippen LogP contribution in [0.3, 0.4) is 0 Å². The van der Waals surface area contributed by atoms with Gasteiger partial charge in [0.25, 0.3) is 0 Å². The first-order valence-electron chi connectivity index (χ1n) is 13.4. The van der Waals surface area contributed by atoms with E-state index in [0.29, 0.717) is 5.92 Å². The molecule has 0 saturated carbocycles. The van der Waals surface area contributed by atoms with E-state index in [4.69, 9.17) is 9.72 Å². The first-order valence-corrected chi connectivity index (χ1v) is 13.4. The number of aromatic nitrogens is 5. The summed E-state index contributed by atoms with van der Waals surface area (Å²) in [6.07, 6.45) is 3.91. The van der Waals surface area contributed by atoms with Gasteiger partial charge in [-0.1, -0.05) is 47.2 Å². The summed E-state index contributed by atoms with van der Waals surface area (Å²) in [5.74, 6) is 0.403. The molecule has 4 heterocycles. The third kappa shape index (κ3) is 4.20. The molecule has 196 valence electrons. The van der Waals surface area contributed by atoms with Crippen molar-refractivity contribution in [2.75, 3.05) is 13.2 Å². The Kier molecular flexibility index (Phi) is 6.08. The summed E-state index contributed by atoms with van der Waals surface area (Å²) in [5.41, 5.74) is 8.40. The van der Waals surface area contributed by atoms with Gasteiger partial charge < -0.3 is 14.4 Å². The summed E-state index contributed by atoms with van der Waals surface area (Å²) in [7, 11) is 1.92. The van der Waals surface area contributed by atoms with Crippen molar-refractivity contribution in [2.24, 2.45) is 13.0 Å². The molecule has 1 atom stereocenters. The first-order chi connectivity index (χ1) is 18.2. The zero-order chi connectivity index (χ0) is 26.6. The van der Waals surface area contributed by atoms with E-state index in [0.717, 1.165) is 70.5 Å². The number of nitrogens with zero attached hydrogens (tertiary/aromatic N) is 5. The van der Waals surface area contributed by atoms with Crippen molar-refractivity contribution in [3.8, 4) is 11.3 Å². The van der Waals surface area contributed by atoms with Crippen molar-refractivity contribution in [2.45, 2.75) is 52.2 Å². The molecule has 0 amide bonds. The van der Waals surface area contributed by atoms with Crippen LogP contribution in [0.5, 0.6) is 0 Å². The van der Waals surface area contributed by atoms with Gasteiger partial charge in [-0.05, 0) is 69.7 Å². The van der Waals surface area contributed by atoms with E-state index in [1.165, 1.54) is 11.1 Å². The van der Waals surface area contributed by atoms with E-state index < -0.39 is 5.60 Å². The number of aliphatic hydroxyl groups is 1. The number of hydrogen-bond acceptors (Lipinski definition) is 5. The molecule has 0 bridgehead atoms. The van der Waals surface area contributed by atoms with Gasteiger partial charge in [-0.2, -0.15) is 0 Å². The predicted molar refractivity (Wildman–Crippen MR) is 150 cm³/mol. The molecule has 1 aliphatic rings. The number of aryl methyl sites for hydroxylation is 3. The van der Waals surface area contributed by atoms with Crippen LogP contribution in [-0.2, 0) is 17.4 Å². The van der Waals surface area contributed by atoms with Gasteiger partial charge in [0.05, 0.1) is 39.6 Å². The van der Waals surface area contributed by atoms with Gasteiger partial charge in [-0.15, -0.1) is 5.10 Å². The zero-order valence-electron chi connectivity index (χ0n) is 22.8. The van der Waals surface area contributed by atoms with Gasteiger partial charge in [-0.3, -0.25) is 4.98 Å². The number of rotatable bonds is 5. The second-order valence-electron chi connectivity index (χ2n) is 11.2. The van der Waals surface area contributed by atoms with Crippen molar-refractivity contribution in [3.63, 3.8) is 0 Å². The second kappa shape index (κ2) is 9.33. The summed E-state index contributed by atoms with van der Waals surface area (Å²) in [4.78, 5) is 5.02. The topological polar surface area (TPSA) is 78.0 Å². The van der Waals surface area contributed by atoms with Gasteiger partial charge in [0.1, 0.15) is 0 Å². The minimum absolute atomic E-state index is 0.0966. The van der Waals surface area contributed by atoms with Gasteiger partial charge in [0.15, 0.2) is 0 Å². The van der Waals surface area contributed by atoms with Gasteiger partial charge in [0.2, 0.25) is 0 Å². The van der Waals surface area contributed by atoms with Crippen LogP contribution < -0.4 is 0 Å². The Balaban J connectivity index is 1.69. The Bertz CT molecular complexity index is 1600. The average molecular weight is 510 g/mol. The van der Waals surface area contributed by atoms with E-state index in [-0.39, 0.29) is 6.04 Å². The fourth-order valence-electron chi connectivity index (χ4n) is 6.00. The first kappa shape index (κ1) is 24.8. The van der Waals surface area contributed by atoms with Crippen LogP contribution in [0.1, 0.15) is 55.1 Å². The fraction of sp³-hybridized carbons (Fsp3) is 0.387. The maximum absolute atomic E-state index is 10.9.